The monoisotopic (exact) mass is 381 g/mol. The summed E-state index contributed by atoms with van der Waals surface area (Å²) in [5, 5.41) is 11.9. The molecule has 1 aliphatic heterocycles. The van der Waals surface area contributed by atoms with Gasteiger partial charge in [0, 0.05) is 51.4 Å². The van der Waals surface area contributed by atoms with Crippen LogP contribution in [0.5, 0.6) is 0 Å². The van der Waals surface area contributed by atoms with Crippen LogP contribution in [0.25, 0.3) is 0 Å². The van der Waals surface area contributed by atoms with E-state index in [9.17, 15) is 18.3 Å². The van der Waals surface area contributed by atoms with Gasteiger partial charge in [-0.25, -0.2) is 8.42 Å². The highest BCUT2D eigenvalue weighted by Gasteiger charge is 2.36. The summed E-state index contributed by atoms with van der Waals surface area (Å²) in [6.45, 7) is 2.59. The molecule has 1 atom stereocenters. The summed E-state index contributed by atoms with van der Waals surface area (Å²) in [6.07, 6.45) is 3.08. The predicted molar refractivity (Wildman–Crippen MR) is 98.4 cm³/mol. The number of hydrogen-bond donors (Lipinski definition) is 2. The zero-order valence-electron chi connectivity index (χ0n) is 15.1. The number of piperazine rings is 1. The zero-order valence-corrected chi connectivity index (χ0v) is 15.9. The molecule has 2 aliphatic rings. The molecule has 1 heterocycles. The van der Waals surface area contributed by atoms with Crippen molar-refractivity contribution >= 4 is 15.9 Å². The highest BCUT2D eigenvalue weighted by molar-refractivity contribution is 7.89. The van der Waals surface area contributed by atoms with Crippen LogP contribution in [-0.4, -0.2) is 74.5 Å². The van der Waals surface area contributed by atoms with E-state index < -0.39 is 10.0 Å². The highest BCUT2D eigenvalue weighted by atomic mass is 32.2. The van der Waals surface area contributed by atoms with Gasteiger partial charge in [0.25, 0.3) is 5.91 Å². The van der Waals surface area contributed by atoms with Crippen molar-refractivity contribution in [2.75, 3.05) is 39.8 Å². The predicted octanol–water partition coefficient (Wildman–Crippen LogP) is 0.514. The molecule has 0 spiro atoms. The summed E-state index contributed by atoms with van der Waals surface area (Å²) >= 11 is 0. The summed E-state index contributed by atoms with van der Waals surface area (Å²) in [4.78, 5) is 14.1. The van der Waals surface area contributed by atoms with Crippen molar-refractivity contribution in [3.05, 3.63) is 29.8 Å². The first-order valence-electron chi connectivity index (χ1n) is 9.13. The molecule has 0 aromatic heterocycles. The maximum absolute atomic E-state index is 13.0. The SMILES string of the molecule is CNC(=O)c1ccc(S(=O)(=O)N2CCN(CC3CC3)C(CCO)C2)cc1. The largest absolute Gasteiger partial charge is 0.396 e. The molecule has 1 amide bonds. The quantitative estimate of drug-likeness (QED) is 0.718. The lowest BCUT2D eigenvalue weighted by Crippen LogP contribution is -2.55. The van der Waals surface area contributed by atoms with E-state index in [4.69, 9.17) is 0 Å². The lowest BCUT2D eigenvalue weighted by molar-refractivity contribution is 0.0915. The van der Waals surface area contributed by atoms with Gasteiger partial charge in [0.05, 0.1) is 4.90 Å². The third kappa shape index (κ3) is 4.25. The van der Waals surface area contributed by atoms with Crippen molar-refractivity contribution in [1.29, 1.82) is 0 Å². The lowest BCUT2D eigenvalue weighted by Gasteiger charge is -2.40. The molecule has 0 radical (unpaired) electrons. The molecule has 1 saturated carbocycles. The van der Waals surface area contributed by atoms with Crippen LogP contribution in [0.2, 0.25) is 0 Å². The Bertz CT molecular complexity index is 731. The second kappa shape index (κ2) is 8.04. The summed E-state index contributed by atoms with van der Waals surface area (Å²) < 4.78 is 27.5. The van der Waals surface area contributed by atoms with Gasteiger partial charge in [-0.05, 0) is 49.4 Å². The fourth-order valence-corrected chi connectivity index (χ4v) is 4.92. The molecule has 1 saturated heterocycles. The van der Waals surface area contributed by atoms with E-state index in [1.807, 2.05) is 0 Å². The smallest absolute Gasteiger partial charge is 0.251 e. The van der Waals surface area contributed by atoms with Gasteiger partial charge in [-0.1, -0.05) is 0 Å². The molecule has 1 aromatic rings. The Labute approximate surface area is 155 Å². The van der Waals surface area contributed by atoms with Crippen LogP contribution in [0.4, 0.5) is 0 Å². The maximum atomic E-state index is 13.0. The van der Waals surface area contributed by atoms with E-state index in [0.29, 0.717) is 31.6 Å². The molecule has 1 aromatic carbocycles. The summed E-state index contributed by atoms with van der Waals surface area (Å²) in [5.74, 6) is 0.488. The number of amides is 1. The lowest BCUT2D eigenvalue weighted by atomic mass is 10.1. The van der Waals surface area contributed by atoms with Crippen molar-refractivity contribution in [2.24, 2.45) is 5.92 Å². The van der Waals surface area contributed by atoms with E-state index in [1.165, 1.54) is 48.5 Å². The van der Waals surface area contributed by atoms with Gasteiger partial charge < -0.3 is 10.4 Å². The summed E-state index contributed by atoms with van der Waals surface area (Å²) in [7, 11) is -2.07. The first-order chi connectivity index (χ1) is 12.5. The van der Waals surface area contributed by atoms with Gasteiger partial charge in [-0.3, -0.25) is 9.69 Å². The number of nitrogens with zero attached hydrogens (tertiary/aromatic N) is 2. The first-order valence-corrected chi connectivity index (χ1v) is 10.6. The number of carbonyl (C=O) groups excluding carboxylic acids is 1. The molecule has 2 N–H and O–H groups in total. The standard InChI is InChI=1S/C18H27N3O4S/c1-19-18(23)15-4-6-17(7-5-15)26(24,25)21-10-9-20(12-14-2-3-14)16(13-21)8-11-22/h4-7,14,16,22H,2-3,8-13H2,1H3,(H,19,23). The van der Waals surface area contributed by atoms with Gasteiger partial charge in [0.1, 0.15) is 0 Å². The van der Waals surface area contributed by atoms with Crippen molar-refractivity contribution in [3.63, 3.8) is 0 Å². The molecule has 8 heteroatoms. The number of rotatable bonds is 7. The van der Waals surface area contributed by atoms with E-state index in [0.717, 1.165) is 12.5 Å². The van der Waals surface area contributed by atoms with Crippen LogP contribution < -0.4 is 5.32 Å². The Morgan fingerprint density at radius 1 is 1.23 bits per heavy atom. The number of aliphatic hydroxyl groups excluding tert-OH is 1. The third-order valence-electron chi connectivity index (χ3n) is 5.20. The second-order valence-corrected chi connectivity index (χ2v) is 9.01. The van der Waals surface area contributed by atoms with E-state index >= 15 is 0 Å². The van der Waals surface area contributed by atoms with Crippen LogP contribution in [-0.2, 0) is 10.0 Å². The van der Waals surface area contributed by atoms with E-state index in [2.05, 4.69) is 10.2 Å². The third-order valence-corrected chi connectivity index (χ3v) is 7.08. The number of nitrogens with one attached hydrogen (secondary N) is 1. The number of aliphatic hydroxyl groups is 1. The number of sulfonamides is 1. The van der Waals surface area contributed by atoms with Crippen molar-refractivity contribution in [3.8, 4) is 0 Å². The second-order valence-electron chi connectivity index (χ2n) is 7.07. The Kier molecular flexibility index (Phi) is 5.96. The molecule has 7 nitrogen and oxygen atoms in total. The zero-order chi connectivity index (χ0) is 18.7. The normalized spacial score (nSPS) is 22.3. The molecule has 26 heavy (non-hydrogen) atoms. The molecular formula is C18H27N3O4S. The maximum Gasteiger partial charge on any atom is 0.251 e. The summed E-state index contributed by atoms with van der Waals surface area (Å²) in [5.41, 5.74) is 0.429. The molecule has 3 rings (SSSR count). The Hall–Kier alpha value is -1.48. The first kappa shape index (κ1) is 19.3. The topological polar surface area (TPSA) is 90.0 Å². The van der Waals surface area contributed by atoms with Crippen molar-refractivity contribution in [2.45, 2.75) is 30.2 Å². The van der Waals surface area contributed by atoms with E-state index in [-0.39, 0.29) is 23.5 Å². The summed E-state index contributed by atoms with van der Waals surface area (Å²) in [6, 6.07) is 6.07. The molecular weight excluding hydrogens is 354 g/mol. The Morgan fingerprint density at radius 3 is 2.50 bits per heavy atom. The van der Waals surface area contributed by atoms with Crippen molar-refractivity contribution < 1.29 is 18.3 Å². The van der Waals surface area contributed by atoms with Gasteiger partial charge in [0.2, 0.25) is 10.0 Å². The van der Waals surface area contributed by atoms with Gasteiger partial charge in [-0.15, -0.1) is 0 Å². The minimum atomic E-state index is -3.61. The minimum Gasteiger partial charge on any atom is -0.396 e. The van der Waals surface area contributed by atoms with Crippen LogP contribution in [0.15, 0.2) is 29.2 Å². The van der Waals surface area contributed by atoms with Crippen molar-refractivity contribution in [1.82, 2.24) is 14.5 Å². The van der Waals surface area contributed by atoms with Crippen LogP contribution >= 0.6 is 0 Å². The average Bonchev–Trinajstić information content (AvgIpc) is 3.46. The highest BCUT2D eigenvalue weighted by Crippen LogP contribution is 2.32. The van der Waals surface area contributed by atoms with Crippen LogP contribution in [0.1, 0.15) is 29.6 Å². The Morgan fingerprint density at radius 2 is 1.92 bits per heavy atom. The Balaban J connectivity index is 1.73. The molecule has 144 valence electrons. The van der Waals surface area contributed by atoms with Crippen LogP contribution in [0.3, 0.4) is 0 Å². The van der Waals surface area contributed by atoms with Gasteiger partial charge >= 0.3 is 0 Å². The molecule has 2 fully saturated rings. The number of benzene rings is 1. The number of hydrogen-bond acceptors (Lipinski definition) is 5. The fourth-order valence-electron chi connectivity index (χ4n) is 3.45. The molecule has 1 unspecified atom stereocenters. The van der Waals surface area contributed by atoms with Crippen LogP contribution in [0, 0.1) is 5.92 Å². The van der Waals surface area contributed by atoms with Gasteiger partial charge in [-0.2, -0.15) is 4.31 Å². The van der Waals surface area contributed by atoms with Gasteiger partial charge in [0.15, 0.2) is 0 Å². The number of carbonyl (C=O) groups is 1. The van der Waals surface area contributed by atoms with E-state index in [1.54, 1.807) is 0 Å². The molecule has 1 aliphatic carbocycles. The average molecular weight is 381 g/mol. The fraction of sp³-hybridized carbons (Fsp3) is 0.611. The molecule has 0 bridgehead atoms. The minimum absolute atomic E-state index is 0.0502.